The number of para-hydroxylation sites is 1. The van der Waals surface area contributed by atoms with Gasteiger partial charge in [0, 0.05) is 31.9 Å². The average Bonchev–Trinajstić information content (AvgIpc) is 3.13. The lowest BCUT2D eigenvalue weighted by Crippen LogP contribution is -2.48. The van der Waals surface area contributed by atoms with E-state index in [9.17, 15) is 4.79 Å². The standard InChI is InChI=1S/C20H18ClN5OS/c21-16-11-15(6-5-14(16)12-22)23-19(27)13-25-7-9-26(10-8-25)20-24-17-3-1-2-4-18(17)28-20/h1-6,11H,7-10,13H2,(H,23,27). The van der Waals surface area contributed by atoms with Gasteiger partial charge in [-0.05, 0) is 30.3 Å². The molecule has 6 nitrogen and oxygen atoms in total. The number of nitrogens with zero attached hydrogens (tertiary/aromatic N) is 4. The van der Waals surface area contributed by atoms with Crippen LogP contribution in [0.15, 0.2) is 42.5 Å². The maximum absolute atomic E-state index is 12.3. The molecule has 2 aromatic carbocycles. The SMILES string of the molecule is N#Cc1ccc(NC(=O)CN2CCN(c3nc4ccccc4s3)CC2)cc1Cl. The van der Waals surface area contributed by atoms with E-state index in [0.29, 0.717) is 22.8 Å². The van der Waals surface area contributed by atoms with E-state index in [1.807, 2.05) is 24.3 Å². The van der Waals surface area contributed by atoms with Crippen molar-refractivity contribution in [3.05, 3.63) is 53.1 Å². The van der Waals surface area contributed by atoms with Gasteiger partial charge in [0.25, 0.3) is 0 Å². The van der Waals surface area contributed by atoms with Crippen LogP contribution < -0.4 is 10.2 Å². The lowest BCUT2D eigenvalue weighted by molar-refractivity contribution is -0.117. The molecule has 2 heterocycles. The Hall–Kier alpha value is -2.66. The number of piperazine rings is 1. The zero-order valence-electron chi connectivity index (χ0n) is 15.1. The van der Waals surface area contributed by atoms with E-state index in [2.05, 4.69) is 21.2 Å². The average molecular weight is 412 g/mol. The van der Waals surface area contributed by atoms with Crippen LogP contribution in [-0.2, 0) is 4.79 Å². The molecule has 1 saturated heterocycles. The molecule has 1 aliphatic rings. The van der Waals surface area contributed by atoms with Gasteiger partial charge in [0.15, 0.2) is 5.13 Å². The molecule has 0 unspecified atom stereocenters. The summed E-state index contributed by atoms with van der Waals surface area (Å²) in [6.07, 6.45) is 0. The zero-order valence-corrected chi connectivity index (χ0v) is 16.6. The Morgan fingerprint density at radius 1 is 1.21 bits per heavy atom. The van der Waals surface area contributed by atoms with E-state index in [-0.39, 0.29) is 5.91 Å². The number of hydrogen-bond acceptors (Lipinski definition) is 6. The van der Waals surface area contributed by atoms with Gasteiger partial charge in [-0.15, -0.1) is 0 Å². The minimum atomic E-state index is -0.0887. The predicted octanol–water partition coefficient (Wildman–Crippen LogP) is 3.58. The van der Waals surface area contributed by atoms with Gasteiger partial charge >= 0.3 is 0 Å². The second kappa shape index (κ2) is 8.15. The second-order valence-electron chi connectivity index (χ2n) is 6.58. The molecule has 0 aliphatic carbocycles. The number of rotatable bonds is 4. The van der Waals surface area contributed by atoms with Crippen LogP contribution in [0, 0.1) is 11.3 Å². The Balaban J connectivity index is 1.31. The lowest BCUT2D eigenvalue weighted by Gasteiger charge is -2.34. The third-order valence-electron chi connectivity index (χ3n) is 4.67. The molecule has 1 fully saturated rings. The molecule has 8 heteroatoms. The zero-order chi connectivity index (χ0) is 19.5. The molecule has 3 aromatic rings. The third-order valence-corrected chi connectivity index (χ3v) is 6.08. The van der Waals surface area contributed by atoms with Gasteiger partial charge in [-0.2, -0.15) is 5.26 Å². The molecule has 1 aliphatic heterocycles. The van der Waals surface area contributed by atoms with E-state index in [0.717, 1.165) is 36.8 Å². The van der Waals surface area contributed by atoms with Gasteiger partial charge in [-0.3, -0.25) is 9.69 Å². The maximum atomic E-state index is 12.3. The minimum absolute atomic E-state index is 0.0887. The van der Waals surface area contributed by atoms with E-state index >= 15 is 0 Å². The number of carbonyl (C=O) groups excluding carboxylic acids is 1. The normalized spacial score (nSPS) is 14.8. The summed E-state index contributed by atoms with van der Waals surface area (Å²) in [6, 6.07) is 15.1. The Labute approximate surface area is 172 Å². The van der Waals surface area contributed by atoms with Crippen LogP contribution in [0.2, 0.25) is 5.02 Å². The van der Waals surface area contributed by atoms with Gasteiger partial charge < -0.3 is 10.2 Å². The van der Waals surface area contributed by atoms with Crippen LogP contribution >= 0.6 is 22.9 Å². The van der Waals surface area contributed by atoms with E-state index in [1.165, 1.54) is 4.70 Å². The summed E-state index contributed by atoms with van der Waals surface area (Å²) in [7, 11) is 0. The summed E-state index contributed by atoms with van der Waals surface area (Å²) in [5.41, 5.74) is 2.03. The summed E-state index contributed by atoms with van der Waals surface area (Å²) in [4.78, 5) is 21.4. The molecule has 0 bridgehead atoms. The fourth-order valence-electron chi connectivity index (χ4n) is 3.18. The van der Waals surface area contributed by atoms with Crippen LogP contribution in [-0.4, -0.2) is 48.5 Å². The number of nitriles is 1. The monoisotopic (exact) mass is 411 g/mol. The summed E-state index contributed by atoms with van der Waals surface area (Å²) >= 11 is 7.72. The van der Waals surface area contributed by atoms with Crippen LogP contribution in [0.5, 0.6) is 0 Å². The van der Waals surface area contributed by atoms with Crippen molar-refractivity contribution in [1.82, 2.24) is 9.88 Å². The van der Waals surface area contributed by atoms with Crippen molar-refractivity contribution in [2.75, 3.05) is 42.9 Å². The predicted molar refractivity (Wildman–Crippen MR) is 113 cm³/mol. The smallest absolute Gasteiger partial charge is 0.238 e. The number of halogens is 1. The highest BCUT2D eigenvalue weighted by atomic mass is 35.5. The number of aromatic nitrogens is 1. The second-order valence-corrected chi connectivity index (χ2v) is 8.00. The van der Waals surface area contributed by atoms with Crippen molar-refractivity contribution in [1.29, 1.82) is 5.26 Å². The first-order valence-corrected chi connectivity index (χ1v) is 10.1. The van der Waals surface area contributed by atoms with Gasteiger partial charge in [0.05, 0.1) is 27.3 Å². The molecular formula is C20H18ClN5OS. The summed E-state index contributed by atoms with van der Waals surface area (Å²) < 4.78 is 1.19. The highest BCUT2D eigenvalue weighted by Crippen LogP contribution is 2.29. The molecule has 0 spiro atoms. The number of benzene rings is 2. The van der Waals surface area contributed by atoms with Crippen molar-refractivity contribution in [2.45, 2.75) is 0 Å². The number of nitrogens with one attached hydrogen (secondary N) is 1. The number of fused-ring (bicyclic) bond motifs is 1. The number of carbonyl (C=O) groups is 1. The highest BCUT2D eigenvalue weighted by Gasteiger charge is 2.21. The van der Waals surface area contributed by atoms with E-state index in [4.69, 9.17) is 21.8 Å². The number of hydrogen-bond donors (Lipinski definition) is 1. The highest BCUT2D eigenvalue weighted by molar-refractivity contribution is 7.22. The van der Waals surface area contributed by atoms with Crippen molar-refractivity contribution in [2.24, 2.45) is 0 Å². The topological polar surface area (TPSA) is 72.3 Å². The maximum Gasteiger partial charge on any atom is 0.238 e. The Morgan fingerprint density at radius 2 is 2.00 bits per heavy atom. The summed E-state index contributed by atoms with van der Waals surface area (Å²) in [6.45, 7) is 3.62. The molecular weight excluding hydrogens is 394 g/mol. The van der Waals surface area contributed by atoms with Gasteiger partial charge in [-0.25, -0.2) is 4.98 Å². The molecule has 0 atom stereocenters. The molecule has 28 heavy (non-hydrogen) atoms. The van der Waals surface area contributed by atoms with E-state index < -0.39 is 0 Å². The fraction of sp³-hybridized carbons (Fsp3) is 0.250. The Morgan fingerprint density at radius 3 is 2.71 bits per heavy atom. The van der Waals surface area contributed by atoms with E-state index in [1.54, 1.807) is 29.5 Å². The summed E-state index contributed by atoms with van der Waals surface area (Å²) in [5.74, 6) is -0.0887. The van der Waals surface area contributed by atoms with Crippen LogP contribution in [0.1, 0.15) is 5.56 Å². The number of amides is 1. The minimum Gasteiger partial charge on any atom is -0.345 e. The number of anilines is 2. The lowest BCUT2D eigenvalue weighted by atomic mass is 10.2. The first-order chi connectivity index (χ1) is 13.6. The third kappa shape index (κ3) is 4.09. The molecule has 1 aromatic heterocycles. The molecule has 0 radical (unpaired) electrons. The van der Waals surface area contributed by atoms with Crippen molar-refractivity contribution >= 4 is 49.9 Å². The van der Waals surface area contributed by atoms with Crippen LogP contribution in [0.25, 0.3) is 10.2 Å². The van der Waals surface area contributed by atoms with Gasteiger partial charge in [-0.1, -0.05) is 35.1 Å². The van der Waals surface area contributed by atoms with Crippen LogP contribution in [0.3, 0.4) is 0 Å². The summed E-state index contributed by atoms with van der Waals surface area (Å²) in [5, 5.41) is 13.1. The fourth-order valence-corrected chi connectivity index (χ4v) is 4.42. The van der Waals surface area contributed by atoms with Crippen molar-refractivity contribution in [3.8, 4) is 6.07 Å². The Kier molecular flexibility index (Phi) is 5.44. The molecule has 0 saturated carbocycles. The van der Waals surface area contributed by atoms with Gasteiger partial charge in [0.2, 0.25) is 5.91 Å². The molecule has 1 amide bonds. The molecule has 142 valence electrons. The quantitative estimate of drug-likeness (QED) is 0.710. The van der Waals surface area contributed by atoms with Crippen molar-refractivity contribution in [3.63, 3.8) is 0 Å². The Bertz CT molecular complexity index is 1020. The molecule has 4 rings (SSSR count). The van der Waals surface area contributed by atoms with Crippen molar-refractivity contribution < 1.29 is 4.79 Å². The molecule has 1 N–H and O–H groups in total. The number of thiazole rings is 1. The first-order valence-electron chi connectivity index (χ1n) is 8.95. The van der Waals surface area contributed by atoms with Gasteiger partial charge in [0.1, 0.15) is 6.07 Å². The largest absolute Gasteiger partial charge is 0.345 e. The van der Waals surface area contributed by atoms with Crippen LogP contribution in [0.4, 0.5) is 10.8 Å². The first kappa shape index (κ1) is 18.7.